The van der Waals surface area contributed by atoms with Gasteiger partial charge in [-0.1, -0.05) is 30.1 Å². The summed E-state index contributed by atoms with van der Waals surface area (Å²) in [6.45, 7) is 2.11. The van der Waals surface area contributed by atoms with Gasteiger partial charge in [0, 0.05) is 29.1 Å². The average molecular weight is 356 g/mol. The summed E-state index contributed by atoms with van der Waals surface area (Å²) in [5.74, 6) is -1.30. The highest BCUT2D eigenvalue weighted by Crippen LogP contribution is 2.19. The molecule has 2 rings (SSSR count). The van der Waals surface area contributed by atoms with Gasteiger partial charge in [-0.2, -0.15) is 0 Å². The van der Waals surface area contributed by atoms with Crippen LogP contribution in [0.25, 0.3) is 0 Å². The van der Waals surface area contributed by atoms with E-state index in [0.717, 1.165) is 5.56 Å². The smallest absolute Gasteiger partial charge is 0.339 e. The number of carbonyl (C=O) groups excluding carboxylic acids is 1. The number of aromatic carboxylic acids is 1. The zero-order chi connectivity index (χ0) is 17.0. The van der Waals surface area contributed by atoms with Crippen molar-refractivity contribution in [2.45, 2.75) is 19.8 Å². The predicted molar refractivity (Wildman–Crippen MR) is 87.5 cm³/mol. The van der Waals surface area contributed by atoms with Gasteiger partial charge in [0.15, 0.2) is 5.76 Å². The summed E-state index contributed by atoms with van der Waals surface area (Å²) in [6, 6.07) is 6.41. The van der Waals surface area contributed by atoms with E-state index in [1.807, 2.05) is 0 Å². The molecular weight excluding hydrogens is 341 g/mol. The summed E-state index contributed by atoms with van der Waals surface area (Å²) in [7, 11) is 0. The predicted octanol–water partition coefficient (Wildman–Crippen LogP) is 3.82. The molecule has 0 aliphatic heterocycles. The summed E-state index contributed by atoms with van der Waals surface area (Å²) >= 11 is 11.8. The van der Waals surface area contributed by atoms with Crippen LogP contribution >= 0.6 is 23.2 Å². The van der Waals surface area contributed by atoms with E-state index in [1.165, 1.54) is 6.07 Å². The van der Waals surface area contributed by atoms with Gasteiger partial charge in [0.05, 0.1) is 0 Å². The number of carboxylic acids is 1. The van der Waals surface area contributed by atoms with Gasteiger partial charge in [-0.25, -0.2) is 4.79 Å². The van der Waals surface area contributed by atoms with Crippen molar-refractivity contribution in [2.75, 3.05) is 6.54 Å². The maximum atomic E-state index is 12.0. The molecule has 122 valence electrons. The van der Waals surface area contributed by atoms with Crippen LogP contribution in [0.2, 0.25) is 10.0 Å². The van der Waals surface area contributed by atoms with Crippen molar-refractivity contribution in [1.82, 2.24) is 5.32 Å². The zero-order valence-electron chi connectivity index (χ0n) is 12.4. The Kier molecular flexibility index (Phi) is 5.69. The van der Waals surface area contributed by atoms with Gasteiger partial charge >= 0.3 is 5.97 Å². The van der Waals surface area contributed by atoms with Crippen molar-refractivity contribution < 1.29 is 19.1 Å². The summed E-state index contributed by atoms with van der Waals surface area (Å²) in [4.78, 5) is 23.1. The minimum Gasteiger partial charge on any atom is -0.478 e. The van der Waals surface area contributed by atoms with Crippen LogP contribution < -0.4 is 5.32 Å². The van der Waals surface area contributed by atoms with Crippen LogP contribution in [0.15, 0.2) is 28.7 Å². The largest absolute Gasteiger partial charge is 0.478 e. The molecule has 0 radical (unpaired) electrons. The molecule has 0 spiro atoms. The number of benzene rings is 1. The van der Waals surface area contributed by atoms with E-state index in [2.05, 4.69) is 5.32 Å². The van der Waals surface area contributed by atoms with Crippen molar-refractivity contribution in [1.29, 1.82) is 0 Å². The SMILES string of the molecule is CCc1oc(C(=O)NCCc2cc(Cl)cc(Cl)c2)cc1C(=O)O. The van der Waals surface area contributed by atoms with E-state index in [-0.39, 0.29) is 17.1 Å². The second-order valence-corrected chi connectivity index (χ2v) is 5.76. The number of halogens is 2. The Morgan fingerprint density at radius 2 is 1.83 bits per heavy atom. The van der Waals surface area contributed by atoms with Crippen molar-refractivity contribution in [3.8, 4) is 0 Å². The topological polar surface area (TPSA) is 79.5 Å². The zero-order valence-corrected chi connectivity index (χ0v) is 13.9. The molecule has 0 aliphatic rings. The minimum absolute atomic E-state index is 0.0108. The molecule has 1 aromatic carbocycles. The van der Waals surface area contributed by atoms with Crippen LogP contribution in [-0.2, 0) is 12.8 Å². The standard InChI is InChI=1S/C16H15Cl2NO4/c1-2-13-12(16(21)22)8-14(23-13)15(20)19-4-3-9-5-10(17)7-11(18)6-9/h5-8H,2-4H2,1H3,(H,19,20)(H,21,22). The Morgan fingerprint density at radius 3 is 2.35 bits per heavy atom. The first-order valence-electron chi connectivity index (χ1n) is 7.00. The Bertz CT molecular complexity index is 719. The summed E-state index contributed by atoms with van der Waals surface area (Å²) in [6.07, 6.45) is 0.940. The monoisotopic (exact) mass is 355 g/mol. The van der Waals surface area contributed by atoms with Gasteiger partial charge in [0.1, 0.15) is 11.3 Å². The first kappa shape index (κ1) is 17.4. The number of aryl methyl sites for hydroxylation is 1. The minimum atomic E-state index is -1.11. The molecule has 1 aromatic heterocycles. The molecule has 1 heterocycles. The molecular formula is C16H15Cl2NO4. The quantitative estimate of drug-likeness (QED) is 0.825. The fourth-order valence-electron chi connectivity index (χ4n) is 2.15. The first-order chi connectivity index (χ1) is 10.9. The first-order valence-corrected chi connectivity index (χ1v) is 7.75. The van der Waals surface area contributed by atoms with Gasteiger partial charge in [-0.15, -0.1) is 0 Å². The Labute approximate surface area is 143 Å². The van der Waals surface area contributed by atoms with Crippen LogP contribution in [0.3, 0.4) is 0 Å². The maximum Gasteiger partial charge on any atom is 0.339 e. The fourth-order valence-corrected chi connectivity index (χ4v) is 2.72. The van der Waals surface area contributed by atoms with Crippen molar-refractivity contribution in [2.24, 2.45) is 0 Å². The molecule has 7 heteroatoms. The Morgan fingerprint density at radius 1 is 1.17 bits per heavy atom. The van der Waals surface area contributed by atoms with E-state index in [1.54, 1.807) is 25.1 Å². The highest BCUT2D eigenvalue weighted by Gasteiger charge is 2.19. The second-order valence-electron chi connectivity index (χ2n) is 4.89. The third kappa shape index (κ3) is 4.50. The molecule has 1 amide bonds. The summed E-state index contributed by atoms with van der Waals surface area (Å²) in [5.41, 5.74) is 0.905. The lowest BCUT2D eigenvalue weighted by molar-refractivity contribution is 0.0694. The molecule has 2 N–H and O–H groups in total. The van der Waals surface area contributed by atoms with E-state index >= 15 is 0 Å². The van der Waals surface area contributed by atoms with E-state index in [0.29, 0.717) is 29.4 Å². The number of nitrogens with one attached hydrogen (secondary N) is 1. The lowest BCUT2D eigenvalue weighted by Crippen LogP contribution is -2.25. The maximum absolute atomic E-state index is 12.0. The molecule has 0 fully saturated rings. The van der Waals surface area contributed by atoms with Gasteiger partial charge < -0.3 is 14.8 Å². The molecule has 5 nitrogen and oxygen atoms in total. The summed E-state index contributed by atoms with van der Waals surface area (Å²) < 4.78 is 5.29. The van der Waals surface area contributed by atoms with Crippen LogP contribution in [0, 0.1) is 0 Å². The molecule has 0 bridgehead atoms. The molecule has 2 aromatic rings. The van der Waals surface area contributed by atoms with Crippen molar-refractivity contribution in [3.63, 3.8) is 0 Å². The number of carbonyl (C=O) groups is 2. The molecule has 0 unspecified atom stereocenters. The molecule has 0 atom stereocenters. The van der Waals surface area contributed by atoms with E-state index in [9.17, 15) is 9.59 Å². The van der Waals surface area contributed by atoms with Crippen LogP contribution in [0.4, 0.5) is 0 Å². The van der Waals surface area contributed by atoms with Gasteiger partial charge in [0.2, 0.25) is 0 Å². The van der Waals surface area contributed by atoms with Crippen LogP contribution in [0.5, 0.6) is 0 Å². The third-order valence-corrected chi connectivity index (χ3v) is 3.64. The normalized spacial score (nSPS) is 10.6. The van der Waals surface area contributed by atoms with E-state index < -0.39 is 11.9 Å². The lowest BCUT2D eigenvalue weighted by Gasteiger charge is -2.05. The highest BCUT2D eigenvalue weighted by molar-refractivity contribution is 6.34. The van der Waals surface area contributed by atoms with Crippen LogP contribution in [0.1, 0.15) is 39.2 Å². The fraction of sp³-hybridized carbons (Fsp3) is 0.250. The Hall–Kier alpha value is -1.98. The molecule has 23 heavy (non-hydrogen) atoms. The van der Waals surface area contributed by atoms with Gasteiger partial charge in [0.25, 0.3) is 5.91 Å². The number of rotatable bonds is 6. The Balaban J connectivity index is 1.98. The van der Waals surface area contributed by atoms with Crippen molar-refractivity contribution >= 4 is 35.1 Å². The highest BCUT2D eigenvalue weighted by atomic mass is 35.5. The summed E-state index contributed by atoms with van der Waals surface area (Å²) in [5, 5.41) is 12.8. The molecule has 0 saturated heterocycles. The number of furan rings is 1. The van der Waals surface area contributed by atoms with Crippen molar-refractivity contribution in [3.05, 3.63) is 57.0 Å². The van der Waals surface area contributed by atoms with Gasteiger partial charge in [-0.3, -0.25) is 4.79 Å². The molecule has 0 saturated carbocycles. The van der Waals surface area contributed by atoms with Crippen LogP contribution in [-0.4, -0.2) is 23.5 Å². The molecule has 0 aliphatic carbocycles. The number of hydrogen-bond acceptors (Lipinski definition) is 3. The van der Waals surface area contributed by atoms with E-state index in [4.69, 9.17) is 32.7 Å². The average Bonchev–Trinajstić information content (AvgIpc) is 2.90. The number of carboxylic acid groups (broad SMARTS) is 1. The number of amides is 1. The third-order valence-electron chi connectivity index (χ3n) is 3.21. The lowest BCUT2D eigenvalue weighted by atomic mass is 10.1. The van der Waals surface area contributed by atoms with Gasteiger partial charge in [-0.05, 0) is 30.2 Å². The second kappa shape index (κ2) is 7.53. The number of hydrogen-bond donors (Lipinski definition) is 2.